The summed E-state index contributed by atoms with van der Waals surface area (Å²) < 4.78 is 5.72. The van der Waals surface area contributed by atoms with Gasteiger partial charge in [-0.15, -0.1) is 0 Å². The topological polar surface area (TPSA) is 38.3 Å². The number of benzene rings is 2. The van der Waals surface area contributed by atoms with Gasteiger partial charge in [-0.25, -0.2) is 0 Å². The maximum Gasteiger partial charge on any atom is 0.224 e. The van der Waals surface area contributed by atoms with Gasteiger partial charge in [-0.3, -0.25) is 4.79 Å². The van der Waals surface area contributed by atoms with E-state index in [2.05, 4.69) is 17.4 Å². The summed E-state index contributed by atoms with van der Waals surface area (Å²) in [5.74, 6) is 0.932. The van der Waals surface area contributed by atoms with E-state index in [-0.39, 0.29) is 5.91 Å². The maximum atomic E-state index is 11.8. The van der Waals surface area contributed by atoms with Gasteiger partial charge < -0.3 is 10.1 Å². The number of amides is 1. The molecule has 0 heterocycles. The van der Waals surface area contributed by atoms with Crippen molar-refractivity contribution < 1.29 is 9.53 Å². The molecule has 1 aliphatic carbocycles. The fraction of sp³-hybridized carbons (Fsp3) is 0.316. The standard InChI is InChI=1S/C19H21NO2/c21-19(13-15-5-2-1-3-6-15)20-11-12-22-18-10-9-16-7-4-8-17(16)14-18/h1-3,5-6,9-10,14H,4,7-8,11-13H2,(H,20,21). The van der Waals surface area contributed by atoms with Crippen LogP contribution in [0.4, 0.5) is 0 Å². The molecule has 0 atom stereocenters. The third-order valence-electron chi connectivity index (χ3n) is 3.97. The van der Waals surface area contributed by atoms with E-state index in [0.29, 0.717) is 19.6 Å². The highest BCUT2D eigenvalue weighted by atomic mass is 16.5. The van der Waals surface area contributed by atoms with Gasteiger partial charge in [-0.05, 0) is 48.1 Å². The first-order valence-electron chi connectivity index (χ1n) is 7.86. The molecular weight excluding hydrogens is 274 g/mol. The van der Waals surface area contributed by atoms with Crippen molar-refractivity contribution in [2.45, 2.75) is 25.7 Å². The normalized spacial score (nSPS) is 12.7. The number of aryl methyl sites for hydroxylation is 2. The lowest BCUT2D eigenvalue weighted by Gasteiger charge is -2.09. The summed E-state index contributed by atoms with van der Waals surface area (Å²) in [5, 5.41) is 2.89. The summed E-state index contributed by atoms with van der Waals surface area (Å²) in [5.41, 5.74) is 3.88. The highest BCUT2D eigenvalue weighted by Gasteiger charge is 2.11. The Kier molecular flexibility index (Phi) is 4.74. The van der Waals surface area contributed by atoms with E-state index in [1.807, 2.05) is 36.4 Å². The predicted molar refractivity (Wildman–Crippen MR) is 87.1 cm³/mol. The summed E-state index contributed by atoms with van der Waals surface area (Å²) >= 11 is 0. The summed E-state index contributed by atoms with van der Waals surface area (Å²) in [6.45, 7) is 1.03. The van der Waals surface area contributed by atoms with E-state index in [4.69, 9.17) is 4.74 Å². The van der Waals surface area contributed by atoms with Crippen molar-refractivity contribution >= 4 is 5.91 Å². The van der Waals surface area contributed by atoms with Gasteiger partial charge >= 0.3 is 0 Å². The monoisotopic (exact) mass is 295 g/mol. The van der Waals surface area contributed by atoms with Gasteiger partial charge in [0.2, 0.25) is 5.91 Å². The number of fused-ring (bicyclic) bond motifs is 1. The van der Waals surface area contributed by atoms with Gasteiger partial charge in [0.15, 0.2) is 0 Å². The molecule has 3 rings (SSSR count). The van der Waals surface area contributed by atoms with Crippen LogP contribution < -0.4 is 10.1 Å². The molecule has 3 heteroatoms. The Bertz CT molecular complexity index is 637. The summed E-state index contributed by atoms with van der Waals surface area (Å²) in [7, 11) is 0. The smallest absolute Gasteiger partial charge is 0.224 e. The van der Waals surface area contributed by atoms with Crippen LogP contribution in [0.15, 0.2) is 48.5 Å². The lowest BCUT2D eigenvalue weighted by atomic mass is 10.1. The Hall–Kier alpha value is -2.29. The SMILES string of the molecule is O=C(Cc1ccccc1)NCCOc1ccc2c(c1)CCC2. The van der Waals surface area contributed by atoms with Gasteiger partial charge in [0.25, 0.3) is 0 Å². The molecule has 114 valence electrons. The quantitative estimate of drug-likeness (QED) is 0.832. The minimum absolute atomic E-state index is 0.0313. The van der Waals surface area contributed by atoms with Crippen LogP contribution in [-0.4, -0.2) is 19.1 Å². The number of carbonyl (C=O) groups is 1. The van der Waals surface area contributed by atoms with Crippen molar-refractivity contribution in [3.05, 3.63) is 65.2 Å². The maximum absolute atomic E-state index is 11.8. The van der Waals surface area contributed by atoms with Crippen molar-refractivity contribution in [2.24, 2.45) is 0 Å². The molecule has 2 aromatic carbocycles. The highest BCUT2D eigenvalue weighted by Crippen LogP contribution is 2.25. The second-order valence-electron chi connectivity index (χ2n) is 5.64. The molecular formula is C19H21NO2. The number of ether oxygens (including phenoxy) is 1. The van der Waals surface area contributed by atoms with Crippen LogP contribution in [0.1, 0.15) is 23.1 Å². The molecule has 2 aromatic rings. The Morgan fingerprint density at radius 1 is 1.05 bits per heavy atom. The summed E-state index contributed by atoms with van der Waals surface area (Å²) in [4.78, 5) is 11.8. The molecule has 0 aromatic heterocycles. The largest absolute Gasteiger partial charge is 0.492 e. The van der Waals surface area contributed by atoms with E-state index >= 15 is 0 Å². The zero-order chi connectivity index (χ0) is 15.2. The molecule has 0 saturated carbocycles. The van der Waals surface area contributed by atoms with Gasteiger partial charge in [-0.2, -0.15) is 0 Å². The molecule has 0 radical (unpaired) electrons. The molecule has 0 aliphatic heterocycles. The second-order valence-corrected chi connectivity index (χ2v) is 5.64. The van der Waals surface area contributed by atoms with Crippen molar-refractivity contribution in [1.29, 1.82) is 0 Å². The lowest BCUT2D eigenvalue weighted by molar-refractivity contribution is -0.120. The van der Waals surface area contributed by atoms with Crippen molar-refractivity contribution in [3.63, 3.8) is 0 Å². The third-order valence-corrected chi connectivity index (χ3v) is 3.97. The average molecular weight is 295 g/mol. The number of nitrogens with one attached hydrogen (secondary N) is 1. The van der Waals surface area contributed by atoms with Gasteiger partial charge in [0.1, 0.15) is 12.4 Å². The Morgan fingerprint density at radius 2 is 1.86 bits per heavy atom. The van der Waals surface area contributed by atoms with Crippen molar-refractivity contribution in [3.8, 4) is 5.75 Å². The molecule has 1 aliphatic rings. The lowest BCUT2D eigenvalue weighted by Crippen LogP contribution is -2.29. The highest BCUT2D eigenvalue weighted by molar-refractivity contribution is 5.78. The van der Waals surface area contributed by atoms with Crippen LogP contribution in [0, 0.1) is 0 Å². The van der Waals surface area contributed by atoms with E-state index in [1.165, 1.54) is 24.0 Å². The van der Waals surface area contributed by atoms with Crippen molar-refractivity contribution in [1.82, 2.24) is 5.32 Å². The molecule has 0 unspecified atom stereocenters. The van der Waals surface area contributed by atoms with E-state index in [9.17, 15) is 4.79 Å². The van der Waals surface area contributed by atoms with Crippen LogP contribution in [0.25, 0.3) is 0 Å². The van der Waals surface area contributed by atoms with Crippen LogP contribution >= 0.6 is 0 Å². The van der Waals surface area contributed by atoms with Gasteiger partial charge in [0.05, 0.1) is 13.0 Å². The molecule has 0 saturated heterocycles. The van der Waals surface area contributed by atoms with Crippen molar-refractivity contribution in [2.75, 3.05) is 13.2 Å². The van der Waals surface area contributed by atoms with Crippen LogP contribution in [0.2, 0.25) is 0 Å². The molecule has 1 N–H and O–H groups in total. The Morgan fingerprint density at radius 3 is 2.73 bits per heavy atom. The zero-order valence-corrected chi connectivity index (χ0v) is 12.7. The fourth-order valence-electron chi connectivity index (χ4n) is 2.84. The first-order valence-corrected chi connectivity index (χ1v) is 7.86. The molecule has 0 fully saturated rings. The van der Waals surface area contributed by atoms with E-state index in [1.54, 1.807) is 0 Å². The second kappa shape index (κ2) is 7.12. The Labute approximate surface area is 131 Å². The van der Waals surface area contributed by atoms with Crippen LogP contribution in [0.5, 0.6) is 5.75 Å². The number of carbonyl (C=O) groups excluding carboxylic acids is 1. The molecule has 3 nitrogen and oxygen atoms in total. The van der Waals surface area contributed by atoms with Gasteiger partial charge in [-0.1, -0.05) is 36.4 Å². The molecule has 1 amide bonds. The summed E-state index contributed by atoms with van der Waals surface area (Å²) in [6, 6.07) is 16.1. The van der Waals surface area contributed by atoms with E-state index < -0.39 is 0 Å². The molecule has 22 heavy (non-hydrogen) atoms. The van der Waals surface area contributed by atoms with Crippen LogP contribution in [-0.2, 0) is 24.1 Å². The number of rotatable bonds is 6. The first kappa shape index (κ1) is 14.6. The average Bonchev–Trinajstić information content (AvgIpc) is 3.00. The third kappa shape index (κ3) is 3.88. The first-order chi connectivity index (χ1) is 10.8. The minimum atomic E-state index is 0.0313. The minimum Gasteiger partial charge on any atom is -0.492 e. The van der Waals surface area contributed by atoms with Gasteiger partial charge in [0, 0.05) is 0 Å². The fourth-order valence-corrected chi connectivity index (χ4v) is 2.84. The predicted octanol–water partition coefficient (Wildman–Crippen LogP) is 2.91. The molecule has 0 bridgehead atoms. The van der Waals surface area contributed by atoms with E-state index in [0.717, 1.165) is 17.7 Å². The van der Waals surface area contributed by atoms with Crippen LogP contribution in [0.3, 0.4) is 0 Å². The molecule has 0 spiro atoms. The number of hydrogen-bond donors (Lipinski definition) is 1. The zero-order valence-electron chi connectivity index (χ0n) is 12.7. The Balaban J connectivity index is 1.39. The summed E-state index contributed by atoms with van der Waals surface area (Å²) in [6.07, 6.45) is 4.00. The number of hydrogen-bond acceptors (Lipinski definition) is 2.